The van der Waals surface area contributed by atoms with Gasteiger partial charge in [0.1, 0.15) is 6.26 Å². The van der Waals surface area contributed by atoms with E-state index in [1.807, 2.05) is 0 Å². The van der Waals surface area contributed by atoms with Crippen LogP contribution in [-0.4, -0.2) is 10.3 Å². The van der Waals surface area contributed by atoms with Crippen LogP contribution in [0.4, 0.5) is 11.5 Å². The van der Waals surface area contributed by atoms with Gasteiger partial charge in [-0.3, -0.25) is 0 Å². The van der Waals surface area contributed by atoms with Gasteiger partial charge in [0.2, 0.25) is 0 Å². The van der Waals surface area contributed by atoms with Gasteiger partial charge in [-0.25, -0.2) is 0 Å². The van der Waals surface area contributed by atoms with E-state index in [9.17, 15) is 0 Å². The van der Waals surface area contributed by atoms with Crippen LogP contribution in [0.1, 0.15) is 0 Å². The van der Waals surface area contributed by atoms with Gasteiger partial charge < -0.3 is 15.2 Å². The minimum Gasteiger partial charge on any atom is -0.363 e. The van der Waals surface area contributed by atoms with E-state index in [0.717, 1.165) is 5.69 Å². The number of benzene rings is 1. The summed E-state index contributed by atoms with van der Waals surface area (Å²) in [6.45, 7) is 0. The maximum absolute atomic E-state index is 5.88. The Morgan fingerprint density at radius 2 is 2.00 bits per heavy atom. The largest absolute Gasteiger partial charge is 0.363 e. The molecule has 0 saturated carbocycles. The second kappa shape index (κ2) is 5.35. The molecule has 0 unspecified atom stereocenters. The molecule has 2 rings (SSSR count). The van der Waals surface area contributed by atoms with Crippen molar-refractivity contribution in [3.63, 3.8) is 0 Å². The molecule has 0 aliphatic heterocycles. The molecule has 0 aliphatic rings. The molecule has 0 radical (unpaired) electrons. The molecule has 0 amide bonds. The van der Waals surface area contributed by atoms with Crippen LogP contribution in [-0.2, 0) is 0 Å². The number of halogens is 2. The molecule has 7 heteroatoms. The number of hydrogen-bond acceptors (Lipinski definition) is 3. The highest BCUT2D eigenvalue weighted by Crippen LogP contribution is 2.25. The molecule has 0 spiro atoms. The molecule has 1 aromatic carbocycles. The summed E-state index contributed by atoms with van der Waals surface area (Å²) in [7, 11) is 0. The molecule has 0 saturated heterocycles. The summed E-state index contributed by atoms with van der Waals surface area (Å²) in [6, 6.07) is 6.79. The van der Waals surface area contributed by atoms with E-state index in [0.29, 0.717) is 21.0 Å². The third-order valence-electron chi connectivity index (χ3n) is 1.86. The van der Waals surface area contributed by atoms with Crippen molar-refractivity contribution in [2.24, 2.45) is 0 Å². The fourth-order valence-corrected chi connectivity index (χ4v) is 1.65. The van der Waals surface area contributed by atoms with E-state index < -0.39 is 0 Å². The predicted molar refractivity (Wildman–Crippen MR) is 72.8 cm³/mol. The Morgan fingerprint density at radius 3 is 2.65 bits per heavy atom. The molecule has 2 N–H and O–H groups in total. The lowest BCUT2D eigenvalue weighted by Gasteiger charge is -2.08. The van der Waals surface area contributed by atoms with Crippen molar-refractivity contribution in [3.05, 3.63) is 40.6 Å². The molecule has 0 atom stereocenters. The summed E-state index contributed by atoms with van der Waals surface area (Å²) in [4.78, 5) is 0. The van der Waals surface area contributed by atoms with Gasteiger partial charge in [-0.2, -0.15) is 0 Å². The summed E-state index contributed by atoms with van der Waals surface area (Å²) in [5.41, 5.74) is 0.736. The average molecular weight is 288 g/mol. The lowest BCUT2D eigenvalue weighted by atomic mass is 10.3. The monoisotopic (exact) mass is 287 g/mol. The smallest absolute Gasteiger partial charge is 0.176 e. The van der Waals surface area contributed by atoms with Crippen molar-refractivity contribution in [2.75, 3.05) is 10.6 Å². The second-order valence-electron chi connectivity index (χ2n) is 3.09. The van der Waals surface area contributed by atoms with Gasteiger partial charge in [0.05, 0.1) is 10.0 Å². The maximum Gasteiger partial charge on any atom is 0.176 e. The molecule has 88 valence electrons. The van der Waals surface area contributed by atoms with Gasteiger partial charge in [-0.05, 0) is 30.4 Å². The molecular weight excluding hydrogens is 281 g/mol. The van der Waals surface area contributed by atoms with Crippen LogP contribution in [0.2, 0.25) is 10.0 Å². The van der Waals surface area contributed by atoms with Crippen LogP contribution in [0.5, 0.6) is 0 Å². The van der Waals surface area contributed by atoms with Crippen LogP contribution in [0.3, 0.4) is 0 Å². The first-order valence-electron chi connectivity index (χ1n) is 4.58. The first-order valence-corrected chi connectivity index (χ1v) is 5.75. The summed E-state index contributed by atoms with van der Waals surface area (Å²) in [5, 5.41) is 10.8. The molecular formula is C10H7Cl2N3OS. The van der Waals surface area contributed by atoms with E-state index in [4.69, 9.17) is 35.4 Å². The summed E-state index contributed by atoms with van der Waals surface area (Å²) >= 11 is 16.8. The predicted octanol–water partition coefficient (Wildman–Crippen LogP) is 3.79. The number of thiocarbonyl (C=S) groups is 1. The molecule has 0 fully saturated rings. The highest BCUT2D eigenvalue weighted by molar-refractivity contribution is 7.80. The summed E-state index contributed by atoms with van der Waals surface area (Å²) in [5.74, 6) is 0.530. The van der Waals surface area contributed by atoms with Crippen molar-refractivity contribution >= 4 is 52.0 Å². The van der Waals surface area contributed by atoms with E-state index in [-0.39, 0.29) is 0 Å². The third kappa shape index (κ3) is 3.33. The second-order valence-corrected chi connectivity index (χ2v) is 4.32. The van der Waals surface area contributed by atoms with Crippen LogP contribution in [0.15, 0.2) is 35.1 Å². The number of nitrogens with zero attached hydrogens (tertiary/aromatic N) is 1. The van der Waals surface area contributed by atoms with Gasteiger partial charge in [0, 0.05) is 11.8 Å². The fourth-order valence-electron chi connectivity index (χ4n) is 1.13. The zero-order chi connectivity index (χ0) is 12.3. The molecule has 17 heavy (non-hydrogen) atoms. The summed E-state index contributed by atoms with van der Waals surface area (Å²) in [6.07, 6.45) is 1.45. The van der Waals surface area contributed by atoms with Gasteiger partial charge in [-0.1, -0.05) is 28.4 Å². The number of aromatic nitrogens is 1. The van der Waals surface area contributed by atoms with Crippen LogP contribution in [0, 0.1) is 0 Å². The lowest BCUT2D eigenvalue weighted by molar-refractivity contribution is 0.423. The van der Waals surface area contributed by atoms with Crippen molar-refractivity contribution in [1.82, 2.24) is 5.16 Å². The van der Waals surface area contributed by atoms with Gasteiger partial charge in [0.25, 0.3) is 0 Å². The zero-order valence-electron chi connectivity index (χ0n) is 8.41. The van der Waals surface area contributed by atoms with Crippen molar-refractivity contribution in [3.8, 4) is 0 Å². The van der Waals surface area contributed by atoms with Crippen LogP contribution < -0.4 is 10.6 Å². The van der Waals surface area contributed by atoms with E-state index in [1.165, 1.54) is 6.26 Å². The molecule has 0 aliphatic carbocycles. The number of hydrogen-bond donors (Lipinski definition) is 2. The summed E-state index contributed by atoms with van der Waals surface area (Å²) < 4.78 is 4.66. The van der Waals surface area contributed by atoms with Crippen molar-refractivity contribution < 1.29 is 4.52 Å². The maximum atomic E-state index is 5.88. The van der Waals surface area contributed by atoms with Gasteiger partial charge in [0.15, 0.2) is 10.9 Å². The Balaban J connectivity index is 2.00. The normalized spacial score (nSPS) is 10.0. The molecule has 1 aromatic heterocycles. The Morgan fingerprint density at radius 1 is 1.18 bits per heavy atom. The molecule has 1 heterocycles. The molecule has 0 bridgehead atoms. The Bertz CT molecular complexity index is 530. The topological polar surface area (TPSA) is 50.1 Å². The minimum atomic E-state index is 0.386. The molecule has 2 aromatic rings. The fraction of sp³-hybridized carbons (Fsp3) is 0. The number of rotatable bonds is 2. The highest BCUT2D eigenvalue weighted by atomic mass is 35.5. The van der Waals surface area contributed by atoms with Crippen molar-refractivity contribution in [2.45, 2.75) is 0 Å². The third-order valence-corrected chi connectivity index (χ3v) is 2.80. The lowest BCUT2D eigenvalue weighted by Crippen LogP contribution is -2.19. The number of nitrogens with one attached hydrogen (secondary N) is 2. The first kappa shape index (κ1) is 12.2. The SMILES string of the molecule is S=C(Nc1ccc(Cl)c(Cl)c1)Nc1ccon1. The zero-order valence-corrected chi connectivity index (χ0v) is 10.7. The Kier molecular flexibility index (Phi) is 3.83. The highest BCUT2D eigenvalue weighted by Gasteiger charge is 2.03. The standard InChI is InChI=1S/C10H7Cl2N3OS/c11-7-2-1-6(5-8(7)12)13-10(17)14-9-3-4-16-15-9/h1-5H,(H2,13,14,15,17). The van der Waals surface area contributed by atoms with Gasteiger partial charge >= 0.3 is 0 Å². The minimum absolute atomic E-state index is 0.386. The molecule has 4 nitrogen and oxygen atoms in total. The number of anilines is 2. The van der Waals surface area contributed by atoms with E-state index >= 15 is 0 Å². The van der Waals surface area contributed by atoms with Crippen molar-refractivity contribution in [1.29, 1.82) is 0 Å². The van der Waals surface area contributed by atoms with E-state index in [1.54, 1.807) is 24.3 Å². The average Bonchev–Trinajstić information content (AvgIpc) is 2.76. The Labute approximate surface area is 113 Å². The quantitative estimate of drug-likeness (QED) is 0.823. The van der Waals surface area contributed by atoms with Crippen LogP contribution >= 0.6 is 35.4 Å². The van der Waals surface area contributed by atoms with Crippen LogP contribution in [0.25, 0.3) is 0 Å². The van der Waals surface area contributed by atoms with Gasteiger partial charge in [-0.15, -0.1) is 0 Å². The van der Waals surface area contributed by atoms with E-state index in [2.05, 4.69) is 20.3 Å². The Hall–Kier alpha value is -1.30. The first-order chi connectivity index (χ1) is 8.15.